The Labute approximate surface area is 58.4 Å². The van der Waals surface area contributed by atoms with E-state index in [2.05, 4.69) is 13.1 Å². The topological polar surface area (TPSA) is 20.3 Å². The number of amides is 1. The van der Waals surface area contributed by atoms with Gasteiger partial charge in [-0.25, -0.2) is 0 Å². The van der Waals surface area contributed by atoms with Crippen molar-refractivity contribution >= 4 is 15.4 Å². The van der Waals surface area contributed by atoms with E-state index in [1.807, 2.05) is 0 Å². The summed E-state index contributed by atoms with van der Waals surface area (Å²) in [6.45, 7) is 5.56. The highest BCUT2D eigenvalue weighted by Gasteiger charge is 1.99. The molecule has 0 unspecified atom stereocenters. The quantitative estimate of drug-likeness (QED) is 0.396. The molecule has 52 valence electrons. The van der Waals surface area contributed by atoms with Gasteiger partial charge in [0, 0.05) is 22.7 Å². The number of carbonyl (C=O) groups excluding carboxylic acids is 1. The molecule has 3 heteroatoms. The Bertz CT molecular complexity index is 114. The van der Waals surface area contributed by atoms with Crippen LogP contribution in [0, 0.1) is 0 Å². The highest BCUT2D eigenvalue weighted by atomic mass is 28.2. The van der Waals surface area contributed by atoms with Gasteiger partial charge in [0.25, 0.3) is 0 Å². The second kappa shape index (κ2) is 4.32. The van der Waals surface area contributed by atoms with Crippen LogP contribution in [0.25, 0.3) is 0 Å². The van der Waals surface area contributed by atoms with Crippen molar-refractivity contribution in [1.82, 2.24) is 4.90 Å². The first-order valence-corrected chi connectivity index (χ1v) is 5.51. The van der Waals surface area contributed by atoms with E-state index in [0.29, 0.717) is 0 Å². The molecule has 0 aromatic carbocycles. The summed E-state index contributed by atoms with van der Waals surface area (Å²) in [5.74, 6) is 0.0318. The Hall–Kier alpha value is -0.573. The van der Waals surface area contributed by atoms with Crippen LogP contribution in [0.3, 0.4) is 0 Å². The molecule has 0 aromatic heterocycles. The van der Waals surface area contributed by atoms with Crippen LogP contribution in [-0.4, -0.2) is 33.5 Å². The van der Waals surface area contributed by atoms with Crippen LogP contribution in [0.2, 0.25) is 6.55 Å². The average molecular weight is 143 g/mol. The van der Waals surface area contributed by atoms with Gasteiger partial charge in [-0.2, -0.15) is 0 Å². The SMILES string of the molecule is C=CC(=O)N(C)C[SiH2]C. The molecule has 0 rings (SSSR count). The summed E-state index contributed by atoms with van der Waals surface area (Å²) < 4.78 is 0. The van der Waals surface area contributed by atoms with Crippen molar-refractivity contribution in [3.8, 4) is 0 Å². The summed E-state index contributed by atoms with van der Waals surface area (Å²) in [5, 5.41) is 0. The standard InChI is InChI=1S/C6H13NOSi/c1-4-6(8)7(2)5-9-3/h4H,1,5,9H2,2-3H3. The predicted octanol–water partition coefficient (Wildman–Crippen LogP) is -0.195. The van der Waals surface area contributed by atoms with Crippen LogP contribution in [0.4, 0.5) is 0 Å². The van der Waals surface area contributed by atoms with Crippen LogP contribution in [0.5, 0.6) is 0 Å². The van der Waals surface area contributed by atoms with Gasteiger partial charge >= 0.3 is 0 Å². The van der Waals surface area contributed by atoms with Crippen molar-refractivity contribution in [2.24, 2.45) is 0 Å². The molecule has 9 heavy (non-hydrogen) atoms. The minimum Gasteiger partial charge on any atom is -0.346 e. The van der Waals surface area contributed by atoms with E-state index >= 15 is 0 Å². The summed E-state index contributed by atoms with van der Waals surface area (Å²) in [6, 6.07) is 0. The molecule has 0 fully saturated rings. The number of rotatable bonds is 3. The Balaban J connectivity index is 3.58. The molecule has 0 saturated heterocycles. The molecular weight excluding hydrogens is 130 g/mol. The monoisotopic (exact) mass is 143 g/mol. The fourth-order valence-electron chi connectivity index (χ4n) is 0.601. The van der Waals surface area contributed by atoms with Crippen molar-refractivity contribution in [1.29, 1.82) is 0 Å². The molecule has 0 aliphatic heterocycles. The third-order valence-corrected chi connectivity index (χ3v) is 2.23. The molecule has 0 atom stereocenters. The number of likely N-dealkylation sites (N-methyl/N-ethyl adjacent to an activating group) is 1. The lowest BCUT2D eigenvalue weighted by atomic mass is 10.5. The molecule has 0 heterocycles. The van der Waals surface area contributed by atoms with Crippen molar-refractivity contribution in [2.75, 3.05) is 13.2 Å². The second-order valence-corrected chi connectivity index (χ2v) is 3.41. The van der Waals surface area contributed by atoms with Crippen molar-refractivity contribution in [3.05, 3.63) is 12.7 Å². The van der Waals surface area contributed by atoms with E-state index < -0.39 is 0 Å². The van der Waals surface area contributed by atoms with Gasteiger partial charge in [0.15, 0.2) is 0 Å². The normalized spacial score (nSPS) is 10.0. The third-order valence-electron chi connectivity index (χ3n) is 1.11. The molecule has 0 spiro atoms. The highest BCUT2D eigenvalue weighted by molar-refractivity contribution is 6.34. The van der Waals surface area contributed by atoms with Crippen molar-refractivity contribution in [2.45, 2.75) is 6.55 Å². The smallest absolute Gasteiger partial charge is 0.245 e. The first-order chi connectivity index (χ1) is 4.22. The molecule has 0 bridgehead atoms. The fraction of sp³-hybridized carbons (Fsp3) is 0.500. The molecule has 0 aliphatic carbocycles. The summed E-state index contributed by atoms with van der Waals surface area (Å²) >= 11 is 0. The van der Waals surface area contributed by atoms with Crippen molar-refractivity contribution in [3.63, 3.8) is 0 Å². The molecule has 0 aromatic rings. The van der Waals surface area contributed by atoms with E-state index in [0.717, 1.165) is 6.17 Å². The van der Waals surface area contributed by atoms with Gasteiger partial charge in [-0.15, -0.1) is 0 Å². The van der Waals surface area contributed by atoms with Crippen molar-refractivity contribution < 1.29 is 4.79 Å². The van der Waals surface area contributed by atoms with Gasteiger partial charge in [0.05, 0.1) is 0 Å². The number of hydrogen-bond acceptors (Lipinski definition) is 1. The van der Waals surface area contributed by atoms with Crippen LogP contribution >= 0.6 is 0 Å². The zero-order chi connectivity index (χ0) is 7.28. The minimum atomic E-state index is -0.0283. The van der Waals surface area contributed by atoms with Gasteiger partial charge in [-0.05, 0) is 6.08 Å². The lowest BCUT2D eigenvalue weighted by Crippen LogP contribution is -2.27. The van der Waals surface area contributed by atoms with E-state index in [4.69, 9.17) is 0 Å². The Morgan fingerprint density at radius 3 is 2.78 bits per heavy atom. The van der Waals surface area contributed by atoms with Gasteiger partial charge in [0.2, 0.25) is 5.91 Å². The highest BCUT2D eigenvalue weighted by Crippen LogP contribution is 1.82. The Morgan fingerprint density at radius 1 is 1.89 bits per heavy atom. The first kappa shape index (κ1) is 8.43. The molecule has 1 amide bonds. The largest absolute Gasteiger partial charge is 0.346 e. The van der Waals surface area contributed by atoms with Crippen LogP contribution in [0.15, 0.2) is 12.7 Å². The van der Waals surface area contributed by atoms with E-state index in [-0.39, 0.29) is 15.4 Å². The maximum Gasteiger partial charge on any atom is 0.245 e. The zero-order valence-corrected chi connectivity index (χ0v) is 7.47. The number of carbonyl (C=O) groups is 1. The van der Waals surface area contributed by atoms with Gasteiger partial charge in [-0.3, -0.25) is 4.79 Å². The van der Waals surface area contributed by atoms with Crippen LogP contribution < -0.4 is 0 Å². The first-order valence-electron chi connectivity index (χ1n) is 3.10. The Morgan fingerprint density at radius 2 is 2.44 bits per heavy atom. The molecular formula is C6H13NOSi. The van der Waals surface area contributed by atoms with Gasteiger partial charge in [-0.1, -0.05) is 13.1 Å². The lowest BCUT2D eigenvalue weighted by molar-refractivity contribution is -0.124. The molecule has 0 aliphatic rings. The Kier molecular flexibility index (Phi) is 4.04. The summed E-state index contributed by atoms with van der Waals surface area (Å²) in [6.07, 6.45) is 2.30. The van der Waals surface area contributed by atoms with E-state index in [1.54, 1.807) is 11.9 Å². The number of hydrogen-bond donors (Lipinski definition) is 0. The predicted molar refractivity (Wildman–Crippen MR) is 42.2 cm³/mol. The second-order valence-electron chi connectivity index (χ2n) is 1.96. The van der Waals surface area contributed by atoms with Gasteiger partial charge < -0.3 is 4.90 Å². The average Bonchev–Trinajstić information content (AvgIpc) is 1.87. The molecule has 0 saturated carbocycles. The molecule has 0 radical (unpaired) electrons. The lowest BCUT2D eigenvalue weighted by Gasteiger charge is -2.12. The van der Waals surface area contributed by atoms with Crippen LogP contribution in [-0.2, 0) is 4.79 Å². The zero-order valence-electron chi connectivity index (χ0n) is 6.05. The third kappa shape index (κ3) is 3.08. The van der Waals surface area contributed by atoms with Gasteiger partial charge in [0.1, 0.15) is 0 Å². The maximum atomic E-state index is 10.7. The van der Waals surface area contributed by atoms with E-state index in [1.165, 1.54) is 6.08 Å². The molecule has 2 nitrogen and oxygen atoms in total. The molecule has 0 N–H and O–H groups in total. The van der Waals surface area contributed by atoms with Crippen LogP contribution in [0.1, 0.15) is 0 Å². The fourth-order valence-corrected chi connectivity index (χ4v) is 1.49. The van der Waals surface area contributed by atoms with E-state index in [9.17, 15) is 4.79 Å². The summed E-state index contributed by atoms with van der Waals surface area (Å²) in [7, 11) is 1.78. The maximum absolute atomic E-state index is 10.7. The summed E-state index contributed by atoms with van der Waals surface area (Å²) in [4.78, 5) is 12.4. The minimum absolute atomic E-state index is 0.0283. The number of nitrogens with zero attached hydrogens (tertiary/aromatic N) is 1. The summed E-state index contributed by atoms with van der Waals surface area (Å²) in [5.41, 5.74) is 0.